The van der Waals surface area contributed by atoms with Gasteiger partial charge in [0.15, 0.2) is 5.58 Å². The van der Waals surface area contributed by atoms with Gasteiger partial charge in [-0.2, -0.15) is 4.98 Å². The second kappa shape index (κ2) is 5.24. The number of para-hydroxylation sites is 2. The minimum absolute atomic E-state index is 0.316. The monoisotopic (exact) mass is 283 g/mol. The second-order valence-corrected chi connectivity index (χ2v) is 4.70. The molecule has 0 spiro atoms. The highest BCUT2D eigenvalue weighted by molar-refractivity contribution is 5.75. The molecule has 0 amide bonds. The summed E-state index contributed by atoms with van der Waals surface area (Å²) in [5.41, 5.74) is 2.90. The van der Waals surface area contributed by atoms with Crippen LogP contribution in [0.15, 0.2) is 52.9 Å². The van der Waals surface area contributed by atoms with E-state index in [0.29, 0.717) is 17.2 Å². The number of nitro groups is 1. The Bertz CT molecular complexity index is 747. The van der Waals surface area contributed by atoms with Gasteiger partial charge in [-0.3, -0.25) is 10.1 Å². The van der Waals surface area contributed by atoms with Crippen molar-refractivity contribution in [2.75, 3.05) is 5.32 Å². The van der Waals surface area contributed by atoms with Crippen molar-refractivity contribution in [3.05, 3.63) is 64.2 Å². The topological polar surface area (TPSA) is 81.2 Å². The SMILES string of the molecule is CC(c1ccc(Nc2nc3ccccc3o2)cc1)[N+](=O)[O-]. The Labute approximate surface area is 120 Å². The Morgan fingerprint density at radius 2 is 1.90 bits per heavy atom. The first-order chi connectivity index (χ1) is 10.1. The van der Waals surface area contributed by atoms with Crippen LogP contribution in [-0.4, -0.2) is 9.91 Å². The van der Waals surface area contributed by atoms with Crippen molar-refractivity contribution in [3.8, 4) is 0 Å². The predicted molar refractivity (Wildman–Crippen MR) is 79.1 cm³/mol. The van der Waals surface area contributed by atoms with Crippen LogP contribution in [0.3, 0.4) is 0 Å². The number of aromatic nitrogens is 1. The van der Waals surface area contributed by atoms with Crippen molar-refractivity contribution < 1.29 is 9.34 Å². The van der Waals surface area contributed by atoms with E-state index >= 15 is 0 Å². The number of hydrogen-bond acceptors (Lipinski definition) is 5. The molecule has 21 heavy (non-hydrogen) atoms. The number of hydrogen-bond donors (Lipinski definition) is 1. The third kappa shape index (κ3) is 2.69. The number of nitrogens with zero attached hydrogens (tertiary/aromatic N) is 2. The van der Waals surface area contributed by atoms with E-state index in [2.05, 4.69) is 10.3 Å². The van der Waals surface area contributed by atoms with E-state index in [-0.39, 0.29) is 4.92 Å². The molecule has 1 heterocycles. The predicted octanol–water partition coefficient (Wildman–Crippen LogP) is 3.91. The normalized spacial score (nSPS) is 12.2. The van der Waals surface area contributed by atoms with Crippen molar-refractivity contribution in [3.63, 3.8) is 0 Å². The summed E-state index contributed by atoms with van der Waals surface area (Å²) in [5.74, 6) is 0. The van der Waals surface area contributed by atoms with Gasteiger partial charge in [0.25, 0.3) is 6.01 Å². The van der Waals surface area contributed by atoms with Crippen molar-refractivity contribution in [1.82, 2.24) is 4.98 Å². The lowest BCUT2D eigenvalue weighted by atomic mass is 10.1. The standard InChI is InChI=1S/C15H13N3O3/c1-10(18(19)20)11-6-8-12(9-7-11)16-15-17-13-4-2-3-5-14(13)21-15/h2-10H,1H3,(H,16,17). The average molecular weight is 283 g/mol. The third-order valence-corrected chi connectivity index (χ3v) is 3.25. The van der Waals surface area contributed by atoms with E-state index in [1.54, 1.807) is 31.2 Å². The zero-order valence-electron chi connectivity index (χ0n) is 11.3. The van der Waals surface area contributed by atoms with E-state index in [4.69, 9.17) is 4.42 Å². The molecule has 1 atom stereocenters. The van der Waals surface area contributed by atoms with Crippen LogP contribution in [0.5, 0.6) is 0 Å². The fourth-order valence-electron chi connectivity index (χ4n) is 2.02. The van der Waals surface area contributed by atoms with Gasteiger partial charge in [-0.15, -0.1) is 0 Å². The van der Waals surface area contributed by atoms with Crippen molar-refractivity contribution in [2.45, 2.75) is 13.0 Å². The Kier molecular flexibility index (Phi) is 3.27. The maximum Gasteiger partial charge on any atom is 0.300 e. The zero-order chi connectivity index (χ0) is 14.8. The summed E-state index contributed by atoms with van der Waals surface area (Å²) < 4.78 is 5.56. The first-order valence-corrected chi connectivity index (χ1v) is 6.49. The fraction of sp³-hybridized carbons (Fsp3) is 0.133. The molecule has 0 saturated carbocycles. The van der Waals surface area contributed by atoms with Crippen molar-refractivity contribution in [2.24, 2.45) is 0 Å². The van der Waals surface area contributed by atoms with E-state index in [1.165, 1.54) is 0 Å². The summed E-state index contributed by atoms with van der Waals surface area (Å²) in [6.07, 6.45) is 0. The molecule has 1 N–H and O–H groups in total. The Hall–Kier alpha value is -2.89. The molecule has 0 bridgehead atoms. The van der Waals surface area contributed by atoms with Gasteiger partial charge in [0.1, 0.15) is 5.52 Å². The number of fused-ring (bicyclic) bond motifs is 1. The number of oxazole rings is 1. The number of benzene rings is 2. The van der Waals surface area contributed by atoms with Gasteiger partial charge in [-0.25, -0.2) is 0 Å². The molecule has 2 aromatic carbocycles. The highest BCUT2D eigenvalue weighted by Crippen LogP contribution is 2.23. The summed E-state index contributed by atoms with van der Waals surface area (Å²) in [5, 5.41) is 13.8. The summed E-state index contributed by atoms with van der Waals surface area (Å²) in [6.45, 7) is 1.56. The van der Waals surface area contributed by atoms with E-state index < -0.39 is 6.04 Å². The molecule has 0 aliphatic carbocycles. The molecule has 0 aliphatic rings. The van der Waals surface area contributed by atoms with Crippen LogP contribution in [0.25, 0.3) is 11.1 Å². The van der Waals surface area contributed by atoms with Gasteiger partial charge in [-0.1, -0.05) is 24.3 Å². The van der Waals surface area contributed by atoms with Gasteiger partial charge in [0, 0.05) is 23.1 Å². The van der Waals surface area contributed by atoms with Crippen LogP contribution >= 0.6 is 0 Å². The smallest absolute Gasteiger partial charge is 0.300 e. The van der Waals surface area contributed by atoms with Crippen LogP contribution < -0.4 is 5.32 Å². The lowest BCUT2D eigenvalue weighted by Gasteiger charge is -2.05. The Morgan fingerprint density at radius 1 is 1.19 bits per heavy atom. The quantitative estimate of drug-likeness (QED) is 0.580. The molecule has 0 radical (unpaired) electrons. The molecule has 1 unspecified atom stereocenters. The lowest BCUT2D eigenvalue weighted by molar-refractivity contribution is -0.524. The molecule has 1 aromatic heterocycles. The lowest BCUT2D eigenvalue weighted by Crippen LogP contribution is -2.05. The average Bonchev–Trinajstić information content (AvgIpc) is 2.89. The van der Waals surface area contributed by atoms with Crippen LogP contribution in [0.4, 0.5) is 11.7 Å². The zero-order valence-corrected chi connectivity index (χ0v) is 11.3. The minimum Gasteiger partial charge on any atom is -0.423 e. The van der Waals surface area contributed by atoms with Gasteiger partial charge in [0.2, 0.25) is 6.04 Å². The molecular weight excluding hydrogens is 270 g/mol. The highest BCUT2D eigenvalue weighted by atomic mass is 16.6. The maximum absolute atomic E-state index is 10.7. The molecule has 6 heteroatoms. The second-order valence-electron chi connectivity index (χ2n) is 4.70. The first kappa shape index (κ1) is 13.1. The van der Waals surface area contributed by atoms with Gasteiger partial charge in [0.05, 0.1) is 0 Å². The van der Waals surface area contributed by atoms with Gasteiger partial charge in [-0.05, 0) is 24.3 Å². The molecule has 3 rings (SSSR count). The summed E-state index contributed by atoms with van der Waals surface area (Å²) >= 11 is 0. The summed E-state index contributed by atoms with van der Waals surface area (Å²) in [6, 6.07) is 14.1. The summed E-state index contributed by atoms with van der Waals surface area (Å²) in [4.78, 5) is 14.7. The third-order valence-electron chi connectivity index (χ3n) is 3.25. The Balaban J connectivity index is 1.80. The molecule has 0 aliphatic heterocycles. The maximum atomic E-state index is 10.7. The molecule has 6 nitrogen and oxygen atoms in total. The largest absolute Gasteiger partial charge is 0.423 e. The van der Waals surface area contributed by atoms with Crippen LogP contribution in [0.2, 0.25) is 0 Å². The van der Waals surface area contributed by atoms with Gasteiger partial charge >= 0.3 is 0 Å². The van der Waals surface area contributed by atoms with Crippen LogP contribution in [0.1, 0.15) is 18.5 Å². The van der Waals surface area contributed by atoms with Crippen molar-refractivity contribution >= 4 is 22.8 Å². The summed E-state index contributed by atoms with van der Waals surface area (Å²) in [7, 11) is 0. The van der Waals surface area contributed by atoms with Crippen LogP contribution in [0, 0.1) is 10.1 Å². The van der Waals surface area contributed by atoms with Crippen LogP contribution in [-0.2, 0) is 0 Å². The van der Waals surface area contributed by atoms with Crippen molar-refractivity contribution in [1.29, 1.82) is 0 Å². The number of anilines is 2. The first-order valence-electron chi connectivity index (χ1n) is 6.49. The molecule has 0 fully saturated rings. The fourth-order valence-corrected chi connectivity index (χ4v) is 2.02. The molecule has 0 saturated heterocycles. The number of rotatable bonds is 4. The molecular formula is C15H13N3O3. The highest BCUT2D eigenvalue weighted by Gasteiger charge is 2.15. The Morgan fingerprint density at radius 3 is 2.57 bits per heavy atom. The molecule has 3 aromatic rings. The van der Waals surface area contributed by atoms with E-state index in [9.17, 15) is 10.1 Å². The molecule has 106 valence electrons. The van der Waals surface area contributed by atoms with Gasteiger partial charge < -0.3 is 9.73 Å². The number of nitrogens with one attached hydrogen (secondary N) is 1. The minimum atomic E-state index is -0.719. The van der Waals surface area contributed by atoms with E-state index in [1.807, 2.05) is 24.3 Å². The van der Waals surface area contributed by atoms with E-state index in [0.717, 1.165) is 11.2 Å².